The van der Waals surface area contributed by atoms with Crippen LogP contribution in [-0.4, -0.2) is 18.2 Å². The fourth-order valence-electron chi connectivity index (χ4n) is 2.55. The van der Waals surface area contributed by atoms with Gasteiger partial charge in [-0.05, 0) is 19.3 Å². The van der Waals surface area contributed by atoms with Gasteiger partial charge in [-0.25, -0.2) is 0 Å². The molecule has 0 N–H and O–H groups in total. The molecule has 0 aromatic rings. The number of carbonyl (C=O) groups is 1. The van der Waals surface area contributed by atoms with Crippen LogP contribution >= 0.6 is 0 Å². The van der Waals surface area contributed by atoms with E-state index in [2.05, 4.69) is 6.58 Å². The average molecular weight is 196 g/mol. The maximum Gasteiger partial charge on any atom is 0.309 e. The monoisotopic (exact) mass is 196 g/mol. The molecule has 0 aromatic heterocycles. The number of esters is 1. The first-order valence-electron chi connectivity index (χ1n) is 5.21. The maximum absolute atomic E-state index is 11.5. The van der Waals surface area contributed by atoms with Gasteiger partial charge in [0.1, 0.15) is 5.60 Å². The third kappa shape index (κ3) is 1.63. The molecule has 2 rings (SSSR count). The molecule has 2 aliphatic rings. The lowest BCUT2D eigenvalue weighted by Crippen LogP contribution is -2.37. The molecule has 2 atom stereocenters. The predicted molar refractivity (Wildman–Crippen MR) is 51.5 cm³/mol. The molecule has 78 valence electrons. The molecule has 14 heavy (non-hydrogen) atoms. The lowest BCUT2D eigenvalue weighted by molar-refractivity contribution is -0.148. The first-order valence-corrected chi connectivity index (χ1v) is 5.21. The molecule has 0 amide bonds. The van der Waals surface area contributed by atoms with Crippen molar-refractivity contribution in [1.82, 2.24) is 0 Å². The van der Waals surface area contributed by atoms with E-state index in [1.54, 1.807) is 0 Å². The summed E-state index contributed by atoms with van der Waals surface area (Å²) in [6, 6.07) is 0. The van der Waals surface area contributed by atoms with Crippen LogP contribution in [0.25, 0.3) is 0 Å². The highest BCUT2D eigenvalue weighted by molar-refractivity contribution is 5.73. The van der Waals surface area contributed by atoms with Crippen molar-refractivity contribution < 1.29 is 14.3 Å². The Kier molecular flexibility index (Phi) is 2.48. The first kappa shape index (κ1) is 9.56. The first-order chi connectivity index (χ1) is 6.76. The average Bonchev–Trinajstić information content (AvgIpc) is 2.27. The molecule has 1 heterocycles. The van der Waals surface area contributed by atoms with Gasteiger partial charge in [-0.3, -0.25) is 4.79 Å². The zero-order valence-corrected chi connectivity index (χ0v) is 8.33. The van der Waals surface area contributed by atoms with E-state index in [1.807, 2.05) is 0 Å². The summed E-state index contributed by atoms with van der Waals surface area (Å²) in [6.07, 6.45) is 6.12. The SMILES string of the molecule is C=COC12CCCC(C1)C(=O)OCC2. The zero-order valence-electron chi connectivity index (χ0n) is 8.33. The molecular weight excluding hydrogens is 180 g/mol. The van der Waals surface area contributed by atoms with Crippen LogP contribution in [0.5, 0.6) is 0 Å². The summed E-state index contributed by atoms with van der Waals surface area (Å²) in [5, 5.41) is 0. The lowest BCUT2D eigenvalue weighted by atomic mass is 9.77. The summed E-state index contributed by atoms with van der Waals surface area (Å²) in [5.41, 5.74) is -0.170. The molecule has 3 heteroatoms. The highest BCUT2D eigenvalue weighted by Crippen LogP contribution is 2.40. The fourth-order valence-corrected chi connectivity index (χ4v) is 2.55. The van der Waals surface area contributed by atoms with Gasteiger partial charge in [0.25, 0.3) is 0 Å². The molecule has 1 saturated carbocycles. The Morgan fingerprint density at radius 3 is 3.21 bits per heavy atom. The van der Waals surface area contributed by atoms with Gasteiger partial charge in [-0.1, -0.05) is 6.58 Å². The molecule has 1 aliphatic heterocycles. The second-order valence-electron chi connectivity index (χ2n) is 4.18. The normalized spacial score (nSPS) is 36.9. The van der Waals surface area contributed by atoms with Crippen molar-refractivity contribution in [3.8, 4) is 0 Å². The summed E-state index contributed by atoms with van der Waals surface area (Å²) in [6.45, 7) is 4.09. The highest BCUT2D eigenvalue weighted by atomic mass is 16.5. The molecule has 2 fully saturated rings. The number of fused-ring (bicyclic) bond motifs is 2. The van der Waals surface area contributed by atoms with Crippen LogP contribution in [0, 0.1) is 5.92 Å². The van der Waals surface area contributed by atoms with Crippen LogP contribution in [0.4, 0.5) is 0 Å². The van der Waals surface area contributed by atoms with Gasteiger partial charge in [0.15, 0.2) is 0 Å². The third-order valence-corrected chi connectivity index (χ3v) is 3.27. The largest absolute Gasteiger partial charge is 0.495 e. The molecule has 1 aliphatic carbocycles. The van der Waals surface area contributed by atoms with E-state index in [-0.39, 0.29) is 17.5 Å². The molecular formula is C11H16O3. The number of cyclic esters (lactones) is 1. The summed E-state index contributed by atoms with van der Waals surface area (Å²) >= 11 is 0. The van der Waals surface area contributed by atoms with Crippen LogP contribution in [-0.2, 0) is 14.3 Å². The van der Waals surface area contributed by atoms with E-state index >= 15 is 0 Å². The quantitative estimate of drug-likeness (QED) is 0.500. The highest BCUT2D eigenvalue weighted by Gasteiger charge is 2.43. The van der Waals surface area contributed by atoms with Crippen LogP contribution in [0.3, 0.4) is 0 Å². The van der Waals surface area contributed by atoms with Crippen molar-refractivity contribution in [3.63, 3.8) is 0 Å². The Morgan fingerprint density at radius 1 is 1.57 bits per heavy atom. The van der Waals surface area contributed by atoms with Crippen LogP contribution < -0.4 is 0 Å². The molecule has 0 spiro atoms. The Hall–Kier alpha value is -0.990. The van der Waals surface area contributed by atoms with Gasteiger partial charge in [0, 0.05) is 12.8 Å². The third-order valence-electron chi connectivity index (χ3n) is 3.27. The molecule has 3 nitrogen and oxygen atoms in total. The summed E-state index contributed by atoms with van der Waals surface area (Å²) < 4.78 is 10.7. The van der Waals surface area contributed by atoms with E-state index in [4.69, 9.17) is 9.47 Å². The van der Waals surface area contributed by atoms with Gasteiger partial charge in [0.2, 0.25) is 0 Å². The summed E-state index contributed by atoms with van der Waals surface area (Å²) in [7, 11) is 0. The minimum atomic E-state index is -0.170. The number of rotatable bonds is 2. The number of ether oxygens (including phenoxy) is 2. The van der Waals surface area contributed by atoms with E-state index in [0.29, 0.717) is 6.61 Å². The van der Waals surface area contributed by atoms with Crippen molar-refractivity contribution in [2.75, 3.05) is 6.61 Å². The molecule has 0 radical (unpaired) electrons. The maximum atomic E-state index is 11.5. The van der Waals surface area contributed by atoms with Crippen molar-refractivity contribution in [3.05, 3.63) is 12.8 Å². The summed E-state index contributed by atoms with van der Waals surface area (Å²) in [5.74, 6) is 0.00503. The van der Waals surface area contributed by atoms with Crippen molar-refractivity contribution in [1.29, 1.82) is 0 Å². The standard InChI is InChI=1S/C11H16O3/c1-2-14-11-5-3-4-9(8-11)10(12)13-7-6-11/h2,9H,1,3-8H2. The van der Waals surface area contributed by atoms with Crippen molar-refractivity contribution >= 4 is 5.97 Å². The van der Waals surface area contributed by atoms with E-state index in [1.165, 1.54) is 6.26 Å². The van der Waals surface area contributed by atoms with Gasteiger partial charge in [0.05, 0.1) is 18.8 Å². The van der Waals surface area contributed by atoms with E-state index < -0.39 is 0 Å². The molecule has 2 unspecified atom stereocenters. The number of hydrogen-bond donors (Lipinski definition) is 0. The second-order valence-corrected chi connectivity index (χ2v) is 4.18. The predicted octanol–water partition coefficient (Wildman–Crippen LogP) is 2.02. The molecule has 1 saturated heterocycles. The minimum absolute atomic E-state index is 0.0424. The van der Waals surface area contributed by atoms with Crippen LogP contribution in [0.1, 0.15) is 32.1 Å². The number of hydrogen-bond acceptors (Lipinski definition) is 3. The number of carbonyl (C=O) groups excluding carboxylic acids is 1. The van der Waals surface area contributed by atoms with Gasteiger partial charge >= 0.3 is 5.97 Å². The molecule has 0 aromatic carbocycles. The molecule has 2 bridgehead atoms. The van der Waals surface area contributed by atoms with Crippen molar-refractivity contribution in [2.24, 2.45) is 5.92 Å². The Bertz CT molecular complexity index is 249. The van der Waals surface area contributed by atoms with Gasteiger partial charge < -0.3 is 9.47 Å². The van der Waals surface area contributed by atoms with Crippen LogP contribution in [0.2, 0.25) is 0 Å². The van der Waals surface area contributed by atoms with E-state index in [9.17, 15) is 4.79 Å². The summed E-state index contributed by atoms with van der Waals surface area (Å²) in [4.78, 5) is 11.5. The lowest BCUT2D eigenvalue weighted by Gasteiger charge is -2.36. The fraction of sp³-hybridized carbons (Fsp3) is 0.727. The minimum Gasteiger partial charge on any atom is -0.495 e. The Labute approximate surface area is 84.1 Å². The second kappa shape index (κ2) is 3.64. The van der Waals surface area contributed by atoms with E-state index in [0.717, 1.165) is 32.1 Å². The van der Waals surface area contributed by atoms with Gasteiger partial charge in [-0.15, -0.1) is 0 Å². The Morgan fingerprint density at radius 2 is 2.43 bits per heavy atom. The van der Waals surface area contributed by atoms with Gasteiger partial charge in [-0.2, -0.15) is 0 Å². The Balaban J connectivity index is 2.16. The van der Waals surface area contributed by atoms with Crippen LogP contribution in [0.15, 0.2) is 12.8 Å². The smallest absolute Gasteiger partial charge is 0.309 e. The topological polar surface area (TPSA) is 35.5 Å². The zero-order chi connectivity index (χ0) is 10.0. The van der Waals surface area contributed by atoms with Crippen molar-refractivity contribution in [2.45, 2.75) is 37.7 Å².